The van der Waals surface area contributed by atoms with Crippen LogP contribution in [-0.4, -0.2) is 5.78 Å². The first kappa shape index (κ1) is 13.8. The maximum absolute atomic E-state index is 12.8. The van der Waals surface area contributed by atoms with E-state index in [9.17, 15) is 4.79 Å². The monoisotopic (exact) mass is 348 g/mol. The second-order valence-corrected chi connectivity index (χ2v) is 6.46. The summed E-state index contributed by atoms with van der Waals surface area (Å²) in [5.74, 6) is 0.579. The van der Waals surface area contributed by atoms with E-state index in [-0.39, 0.29) is 5.78 Å². The molecule has 2 aromatic rings. The SMILES string of the molecule is O=C(c1cc(Cl)ccc1Br)c1ccccc1C1CCC1. The molecule has 0 atom stereocenters. The summed E-state index contributed by atoms with van der Waals surface area (Å²) < 4.78 is 0.787. The highest BCUT2D eigenvalue weighted by Gasteiger charge is 2.25. The zero-order valence-electron chi connectivity index (χ0n) is 10.9. The van der Waals surface area contributed by atoms with E-state index < -0.39 is 0 Å². The zero-order chi connectivity index (χ0) is 14.1. The van der Waals surface area contributed by atoms with Gasteiger partial charge in [-0.3, -0.25) is 4.79 Å². The molecule has 2 aromatic carbocycles. The topological polar surface area (TPSA) is 17.1 Å². The number of carbonyl (C=O) groups is 1. The first-order chi connectivity index (χ1) is 9.66. The standard InChI is InChI=1S/C17H14BrClO/c18-16-9-8-12(19)10-15(16)17(20)14-7-2-1-6-13(14)11-4-3-5-11/h1-2,6-11H,3-5H2. The van der Waals surface area contributed by atoms with Crippen molar-refractivity contribution in [1.29, 1.82) is 0 Å². The highest BCUT2D eigenvalue weighted by atomic mass is 79.9. The van der Waals surface area contributed by atoms with E-state index in [1.807, 2.05) is 24.3 Å². The smallest absolute Gasteiger partial charge is 0.194 e. The molecular formula is C17H14BrClO. The first-order valence-electron chi connectivity index (χ1n) is 6.75. The Hall–Kier alpha value is -1.12. The van der Waals surface area contributed by atoms with Crippen molar-refractivity contribution in [3.05, 3.63) is 68.7 Å². The van der Waals surface area contributed by atoms with Crippen LogP contribution in [0.15, 0.2) is 46.9 Å². The highest BCUT2D eigenvalue weighted by molar-refractivity contribution is 9.10. The van der Waals surface area contributed by atoms with Gasteiger partial charge in [0.25, 0.3) is 0 Å². The average Bonchev–Trinajstić information content (AvgIpc) is 2.39. The molecule has 0 spiro atoms. The van der Waals surface area contributed by atoms with Crippen LogP contribution >= 0.6 is 27.5 Å². The number of rotatable bonds is 3. The molecule has 0 radical (unpaired) electrons. The second-order valence-electron chi connectivity index (χ2n) is 5.17. The van der Waals surface area contributed by atoms with Gasteiger partial charge in [-0.25, -0.2) is 0 Å². The average molecular weight is 350 g/mol. The molecule has 0 N–H and O–H groups in total. The van der Waals surface area contributed by atoms with Crippen LogP contribution in [0, 0.1) is 0 Å². The van der Waals surface area contributed by atoms with Crippen molar-refractivity contribution in [2.45, 2.75) is 25.2 Å². The summed E-state index contributed by atoms with van der Waals surface area (Å²) in [6.07, 6.45) is 3.62. The molecular weight excluding hydrogens is 336 g/mol. The lowest BCUT2D eigenvalue weighted by Crippen LogP contribution is -2.14. The molecule has 102 valence electrons. The molecule has 1 aliphatic rings. The normalized spacial score (nSPS) is 14.9. The van der Waals surface area contributed by atoms with Gasteiger partial charge in [-0.2, -0.15) is 0 Å². The summed E-state index contributed by atoms with van der Waals surface area (Å²) in [5, 5.41) is 0.581. The third-order valence-electron chi connectivity index (χ3n) is 3.92. The molecule has 1 fully saturated rings. The van der Waals surface area contributed by atoms with Gasteiger partial charge in [0.15, 0.2) is 5.78 Å². The number of ketones is 1. The first-order valence-corrected chi connectivity index (χ1v) is 7.92. The third kappa shape index (κ3) is 2.55. The van der Waals surface area contributed by atoms with E-state index >= 15 is 0 Å². The van der Waals surface area contributed by atoms with Gasteiger partial charge >= 0.3 is 0 Å². The van der Waals surface area contributed by atoms with Gasteiger partial charge in [0.05, 0.1) is 0 Å². The van der Waals surface area contributed by atoms with E-state index in [4.69, 9.17) is 11.6 Å². The van der Waals surface area contributed by atoms with Gasteiger partial charge < -0.3 is 0 Å². The molecule has 1 saturated carbocycles. The Labute approximate surface area is 132 Å². The largest absolute Gasteiger partial charge is 0.289 e. The summed E-state index contributed by atoms with van der Waals surface area (Å²) in [7, 11) is 0. The molecule has 0 aliphatic heterocycles. The second kappa shape index (κ2) is 5.71. The molecule has 0 amide bonds. The quantitative estimate of drug-likeness (QED) is 0.659. The van der Waals surface area contributed by atoms with Crippen LogP contribution in [0.25, 0.3) is 0 Å². The van der Waals surface area contributed by atoms with Gasteiger partial charge in [-0.1, -0.05) is 58.2 Å². The van der Waals surface area contributed by atoms with Gasteiger partial charge in [0.1, 0.15) is 0 Å². The summed E-state index contributed by atoms with van der Waals surface area (Å²) in [5.41, 5.74) is 2.61. The van der Waals surface area contributed by atoms with Crippen molar-refractivity contribution in [2.75, 3.05) is 0 Å². The number of halogens is 2. The minimum absolute atomic E-state index is 0.0434. The minimum Gasteiger partial charge on any atom is -0.289 e. The Kier molecular flexibility index (Phi) is 3.95. The highest BCUT2D eigenvalue weighted by Crippen LogP contribution is 2.38. The van der Waals surface area contributed by atoms with Crippen LogP contribution in [0.5, 0.6) is 0 Å². The van der Waals surface area contributed by atoms with Crippen LogP contribution in [0.4, 0.5) is 0 Å². The van der Waals surface area contributed by atoms with Crippen molar-refractivity contribution in [3.8, 4) is 0 Å². The van der Waals surface area contributed by atoms with Crippen molar-refractivity contribution in [2.24, 2.45) is 0 Å². The fraction of sp³-hybridized carbons (Fsp3) is 0.235. The molecule has 0 unspecified atom stereocenters. The number of benzene rings is 2. The zero-order valence-corrected chi connectivity index (χ0v) is 13.2. The van der Waals surface area contributed by atoms with Crippen molar-refractivity contribution in [1.82, 2.24) is 0 Å². The lowest BCUT2D eigenvalue weighted by atomic mass is 9.77. The number of hydrogen-bond acceptors (Lipinski definition) is 1. The predicted molar refractivity (Wildman–Crippen MR) is 85.6 cm³/mol. The van der Waals surface area contributed by atoms with Crippen molar-refractivity contribution in [3.63, 3.8) is 0 Å². The van der Waals surface area contributed by atoms with E-state index in [0.29, 0.717) is 16.5 Å². The molecule has 3 rings (SSSR count). The van der Waals surface area contributed by atoms with Crippen LogP contribution in [0.3, 0.4) is 0 Å². The number of hydrogen-bond donors (Lipinski definition) is 0. The molecule has 0 heterocycles. The maximum Gasteiger partial charge on any atom is 0.194 e. The Morgan fingerprint density at radius 2 is 1.85 bits per heavy atom. The van der Waals surface area contributed by atoms with Crippen LogP contribution in [0.1, 0.15) is 46.7 Å². The van der Waals surface area contributed by atoms with Crippen LogP contribution in [-0.2, 0) is 0 Å². The van der Waals surface area contributed by atoms with Crippen LogP contribution in [0.2, 0.25) is 5.02 Å². The predicted octanol–water partition coefficient (Wildman–Crippen LogP) is 5.60. The van der Waals surface area contributed by atoms with Gasteiger partial charge in [0.2, 0.25) is 0 Å². The summed E-state index contributed by atoms with van der Waals surface area (Å²) in [4.78, 5) is 12.8. The third-order valence-corrected chi connectivity index (χ3v) is 4.85. The molecule has 0 saturated heterocycles. The van der Waals surface area contributed by atoms with E-state index in [1.54, 1.807) is 12.1 Å². The maximum atomic E-state index is 12.8. The van der Waals surface area contributed by atoms with E-state index in [1.165, 1.54) is 24.8 Å². The Morgan fingerprint density at radius 3 is 2.55 bits per heavy atom. The van der Waals surface area contributed by atoms with E-state index in [0.717, 1.165) is 10.0 Å². The Morgan fingerprint density at radius 1 is 1.10 bits per heavy atom. The van der Waals surface area contributed by atoms with Crippen molar-refractivity contribution >= 4 is 33.3 Å². The Balaban J connectivity index is 2.04. The van der Waals surface area contributed by atoms with Gasteiger partial charge in [0, 0.05) is 20.6 Å². The Bertz CT molecular complexity index is 662. The molecule has 1 aliphatic carbocycles. The van der Waals surface area contributed by atoms with E-state index in [2.05, 4.69) is 22.0 Å². The molecule has 0 aromatic heterocycles. The summed E-state index contributed by atoms with van der Waals surface area (Å²) >= 11 is 9.46. The lowest BCUT2D eigenvalue weighted by molar-refractivity contribution is 0.103. The van der Waals surface area contributed by atoms with Crippen LogP contribution < -0.4 is 0 Å². The van der Waals surface area contributed by atoms with Crippen molar-refractivity contribution < 1.29 is 4.79 Å². The van der Waals surface area contributed by atoms with Gasteiger partial charge in [-0.05, 0) is 42.5 Å². The fourth-order valence-corrected chi connectivity index (χ4v) is 3.19. The molecule has 20 heavy (non-hydrogen) atoms. The number of carbonyl (C=O) groups excluding carboxylic acids is 1. The van der Waals surface area contributed by atoms with Gasteiger partial charge in [-0.15, -0.1) is 0 Å². The lowest BCUT2D eigenvalue weighted by Gasteiger charge is -2.27. The minimum atomic E-state index is 0.0434. The summed E-state index contributed by atoms with van der Waals surface area (Å²) in [6, 6.07) is 13.3. The molecule has 0 bridgehead atoms. The molecule has 1 nitrogen and oxygen atoms in total. The molecule has 3 heteroatoms. The summed E-state index contributed by atoms with van der Waals surface area (Å²) in [6.45, 7) is 0. The fourth-order valence-electron chi connectivity index (χ4n) is 2.60.